The number of fused-ring (bicyclic) bond motifs is 1. The molecule has 0 aliphatic carbocycles. The van der Waals surface area contributed by atoms with E-state index in [2.05, 4.69) is 13.0 Å². The molecule has 0 atom stereocenters. The van der Waals surface area contributed by atoms with E-state index in [1.807, 2.05) is 30.3 Å². The Morgan fingerprint density at radius 1 is 1.19 bits per heavy atom. The Labute approximate surface area is 95.1 Å². The number of amides is 1. The van der Waals surface area contributed by atoms with Gasteiger partial charge >= 0.3 is 0 Å². The lowest BCUT2D eigenvalue weighted by molar-refractivity contribution is 0.0999. The number of carbonyl (C=O) groups is 1. The molecule has 0 unspecified atom stereocenters. The Bertz CT molecular complexity index is 531. The van der Waals surface area contributed by atoms with Gasteiger partial charge in [-0.15, -0.1) is 0 Å². The second kappa shape index (κ2) is 4.35. The number of primary amides is 1. The monoisotopic (exact) mass is 213 g/mol. The van der Waals surface area contributed by atoms with Crippen molar-refractivity contribution >= 4 is 16.7 Å². The molecule has 0 aliphatic rings. The maximum Gasteiger partial charge on any atom is 0.248 e. The van der Waals surface area contributed by atoms with Crippen LogP contribution in [0, 0.1) is 0 Å². The molecule has 1 amide bonds. The minimum absolute atomic E-state index is 0.339. The minimum atomic E-state index is -0.339. The van der Waals surface area contributed by atoms with Crippen LogP contribution in [0.3, 0.4) is 0 Å². The van der Waals surface area contributed by atoms with Gasteiger partial charge in [0.2, 0.25) is 5.91 Å². The Morgan fingerprint density at radius 3 is 2.62 bits per heavy atom. The van der Waals surface area contributed by atoms with Gasteiger partial charge in [0.05, 0.1) is 0 Å². The zero-order valence-electron chi connectivity index (χ0n) is 9.36. The molecule has 0 saturated carbocycles. The van der Waals surface area contributed by atoms with E-state index in [0.717, 1.165) is 29.2 Å². The summed E-state index contributed by atoms with van der Waals surface area (Å²) in [6.45, 7) is 2.10. The molecule has 0 fully saturated rings. The van der Waals surface area contributed by atoms with Gasteiger partial charge in [-0.25, -0.2) is 0 Å². The van der Waals surface area contributed by atoms with Crippen LogP contribution in [0.25, 0.3) is 10.8 Å². The molecule has 0 bridgehead atoms. The molecule has 0 radical (unpaired) electrons. The van der Waals surface area contributed by atoms with Gasteiger partial charge in [0, 0.05) is 5.56 Å². The van der Waals surface area contributed by atoms with Crippen molar-refractivity contribution in [3.63, 3.8) is 0 Å². The number of rotatable bonds is 3. The Morgan fingerprint density at radius 2 is 1.94 bits per heavy atom. The normalized spacial score (nSPS) is 10.6. The van der Waals surface area contributed by atoms with Gasteiger partial charge in [0.25, 0.3) is 0 Å². The predicted molar refractivity (Wildman–Crippen MR) is 66.5 cm³/mol. The molecule has 0 aliphatic heterocycles. The average molecular weight is 213 g/mol. The summed E-state index contributed by atoms with van der Waals surface area (Å²) in [6, 6.07) is 11.9. The van der Waals surface area contributed by atoms with Crippen LogP contribution < -0.4 is 5.73 Å². The first-order valence-corrected chi connectivity index (χ1v) is 5.54. The number of hydrogen-bond donors (Lipinski definition) is 1. The van der Waals surface area contributed by atoms with Gasteiger partial charge in [-0.1, -0.05) is 43.7 Å². The molecule has 16 heavy (non-hydrogen) atoms. The first kappa shape index (κ1) is 10.7. The van der Waals surface area contributed by atoms with E-state index in [-0.39, 0.29) is 5.91 Å². The van der Waals surface area contributed by atoms with Crippen molar-refractivity contribution in [3.05, 3.63) is 47.5 Å². The fourth-order valence-electron chi connectivity index (χ4n) is 2.09. The van der Waals surface area contributed by atoms with Crippen LogP contribution in [0.5, 0.6) is 0 Å². The van der Waals surface area contributed by atoms with E-state index in [0.29, 0.717) is 5.56 Å². The molecule has 0 aromatic heterocycles. The molecule has 2 aromatic rings. The molecule has 82 valence electrons. The highest BCUT2D eigenvalue weighted by Crippen LogP contribution is 2.23. The maximum atomic E-state index is 11.4. The van der Waals surface area contributed by atoms with Crippen LogP contribution >= 0.6 is 0 Å². The topological polar surface area (TPSA) is 43.1 Å². The molecule has 2 heteroatoms. The summed E-state index contributed by atoms with van der Waals surface area (Å²) < 4.78 is 0. The SMILES string of the molecule is CCCc1c(C(N)=O)ccc2ccccc12. The maximum absolute atomic E-state index is 11.4. The largest absolute Gasteiger partial charge is 0.366 e. The second-order valence-corrected chi connectivity index (χ2v) is 3.93. The molecule has 2 rings (SSSR count). The quantitative estimate of drug-likeness (QED) is 0.837. The van der Waals surface area contributed by atoms with Gasteiger partial charge in [0.15, 0.2) is 0 Å². The van der Waals surface area contributed by atoms with Crippen LogP contribution in [0.4, 0.5) is 0 Å². The first-order valence-electron chi connectivity index (χ1n) is 5.54. The fourth-order valence-corrected chi connectivity index (χ4v) is 2.09. The molecular formula is C14H15NO. The lowest BCUT2D eigenvalue weighted by Crippen LogP contribution is -2.14. The summed E-state index contributed by atoms with van der Waals surface area (Å²) in [5.74, 6) is -0.339. The lowest BCUT2D eigenvalue weighted by Gasteiger charge is -2.09. The Hall–Kier alpha value is -1.83. The number of hydrogen-bond acceptors (Lipinski definition) is 1. The summed E-state index contributed by atoms with van der Waals surface area (Å²) in [5, 5.41) is 2.30. The third kappa shape index (κ3) is 1.78. The Balaban J connectivity index is 2.73. The van der Waals surface area contributed by atoms with Crippen molar-refractivity contribution in [1.82, 2.24) is 0 Å². The van der Waals surface area contributed by atoms with Crippen molar-refractivity contribution in [2.24, 2.45) is 5.73 Å². The van der Waals surface area contributed by atoms with E-state index in [1.54, 1.807) is 0 Å². The van der Waals surface area contributed by atoms with E-state index in [4.69, 9.17) is 5.73 Å². The van der Waals surface area contributed by atoms with Gasteiger partial charge in [0.1, 0.15) is 0 Å². The van der Waals surface area contributed by atoms with Crippen molar-refractivity contribution in [3.8, 4) is 0 Å². The van der Waals surface area contributed by atoms with Gasteiger partial charge in [-0.3, -0.25) is 4.79 Å². The van der Waals surface area contributed by atoms with Crippen LogP contribution in [-0.2, 0) is 6.42 Å². The van der Waals surface area contributed by atoms with Gasteiger partial charge < -0.3 is 5.73 Å². The average Bonchev–Trinajstić information content (AvgIpc) is 2.29. The van der Waals surface area contributed by atoms with E-state index >= 15 is 0 Å². The van der Waals surface area contributed by atoms with E-state index < -0.39 is 0 Å². The van der Waals surface area contributed by atoms with Crippen LogP contribution in [-0.4, -0.2) is 5.91 Å². The van der Waals surface area contributed by atoms with Gasteiger partial charge in [-0.2, -0.15) is 0 Å². The first-order chi connectivity index (χ1) is 7.74. The lowest BCUT2D eigenvalue weighted by atomic mass is 9.95. The Kier molecular flexibility index (Phi) is 2.91. The summed E-state index contributed by atoms with van der Waals surface area (Å²) in [4.78, 5) is 11.4. The van der Waals surface area contributed by atoms with E-state index in [1.165, 1.54) is 0 Å². The summed E-state index contributed by atoms with van der Waals surface area (Å²) in [7, 11) is 0. The van der Waals surface area contributed by atoms with Gasteiger partial charge in [-0.05, 0) is 28.8 Å². The molecular weight excluding hydrogens is 198 g/mol. The van der Waals surface area contributed by atoms with E-state index in [9.17, 15) is 4.79 Å². The zero-order chi connectivity index (χ0) is 11.5. The molecule has 0 saturated heterocycles. The molecule has 0 heterocycles. The highest BCUT2D eigenvalue weighted by molar-refractivity contribution is 6.00. The minimum Gasteiger partial charge on any atom is -0.366 e. The third-order valence-electron chi connectivity index (χ3n) is 2.81. The number of benzene rings is 2. The van der Waals surface area contributed by atoms with Crippen molar-refractivity contribution in [1.29, 1.82) is 0 Å². The third-order valence-corrected chi connectivity index (χ3v) is 2.81. The summed E-state index contributed by atoms with van der Waals surface area (Å²) >= 11 is 0. The zero-order valence-corrected chi connectivity index (χ0v) is 9.36. The summed E-state index contributed by atoms with van der Waals surface area (Å²) in [6.07, 6.45) is 1.90. The predicted octanol–water partition coefficient (Wildman–Crippen LogP) is 2.89. The highest BCUT2D eigenvalue weighted by Gasteiger charge is 2.10. The smallest absolute Gasteiger partial charge is 0.248 e. The van der Waals surface area contributed by atoms with Crippen molar-refractivity contribution in [2.75, 3.05) is 0 Å². The van der Waals surface area contributed by atoms with Crippen molar-refractivity contribution < 1.29 is 4.79 Å². The summed E-state index contributed by atoms with van der Waals surface area (Å²) in [5.41, 5.74) is 7.13. The van der Waals surface area contributed by atoms with Crippen LogP contribution in [0.15, 0.2) is 36.4 Å². The second-order valence-electron chi connectivity index (χ2n) is 3.93. The molecule has 2 N–H and O–H groups in total. The number of nitrogens with two attached hydrogens (primary N) is 1. The highest BCUT2D eigenvalue weighted by atomic mass is 16.1. The standard InChI is InChI=1S/C14H15NO/c1-2-5-12-11-7-4-3-6-10(11)8-9-13(12)14(15)16/h3-4,6-9H,2,5H2,1H3,(H2,15,16). The fraction of sp³-hybridized carbons (Fsp3) is 0.214. The molecule has 2 aromatic carbocycles. The molecule has 2 nitrogen and oxygen atoms in total. The van der Waals surface area contributed by atoms with Crippen molar-refractivity contribution in [2.45, 2.75) is 19.8 Å². The number of aryl methyl sites for hydroxylation is 1. The van der Waals surface area contributed by atoms with Crippen LogP contribution in [0.2, 0.25) is 0 Å². The molecule has 0 spiro atoms. The van der Waals surface area contributed by atoms with Crippen LogP contribution in [0.1, 0.15) is 29.3 Å². The number of carbonyl (C=O) groups excluding carboxylic acids is 1.